The van der Waals surface area contributed by atoms with Crippen LogP contribution in [0.5, 0.6) is 0 Å². The first-order valence-electron chi connectivity index (χ1n) is 6.93. The van der Waals surface area contributed by atoms with E-state index in [1.54, 1.807) is 15.9 Å². The van der Waals surface area contributed by atoms with Crippen LogP contribution in [0.25, 0.3) is 0 Å². The molecule has 1 saturated heterocycles. The zero-order valence-corrected chi connectivity index (χ0v) is 11.2. The van der Waals surface area contributed by atoms with Crippen molar-refractivity contribution in [3.63, 3.8) is 0 Å². The number of rotatable bonds is 3. The minimum atomic E-state index is -1.06. The van der Waals surface area contributed by atoms with Gasteiger partial charge in [0.2, 0.25) is 5.78 Å². The first-order valence-corrected chi connectivity index (χ1v) is 6.93. The Morgan fingerprint density at radius 3 is 2.95 bits per heavy atom. The summed E-state index contributed by atoms with van der Waals surface area (Å²) >= 11 is 0. The maximum absolute atomic E-state index is 14.1. The highest BCUT2D eigenvalue weighted by molar-refractivity contribution is 6.40. The molecule has 0 spiro atoms. The molecule has 2 aliphatic heterocycles. The van der Waals surface area contributed by atoms with Gasteiger partial charge in [-0.1, -0.05) is 0 Å². The highest BCUT2D eigenvalue weighted by Crippen LogP contribution is 2.39. The number of fused-ring (bicyclic) bond motifs is 1. The van der Waals surface area contributed by atoms with E-state index < -0.39 is 12.3 Å². The minimum absolute atomic E-state index is 0.0246. The average molecular weight is 277 g/mol. The van der Waals surface area contributed by atoms with Crippen LogP contribution in [0.15, 0.2) is 17.4 Å². The molecule has 7 heteroatoms. The lowest BCUT2D eigenvalue weighted by Gasteiger charge is -2.22. The van der Waals surface area contributed by atoms with Gasteiger partial charge >= 0.3 is 0 Å². The lowest BCUT2D eigenvalue weighted by molar-refractivity contribution is -0.114. The number of carbonyl (C=O) groups is 1. The molecule has 2 fully saturated rings. The number of nitrogens with one attached hydrogen (secondary N) is 1. The summed E-state index contributed by atoms with van der Waals surface area (Å²) in [6.45, 7) is 0. The summed E-state index contributed by atoms with van der Waals surface area (Å²) < 4.78 is 15.8. The van der Waals surface area contributed by atoms with E-state index in [1.165, 1.54) is 0 Å². The van der Waals surface area contributed by atoms with Crippen molar-refractivity contribution in [2.24, 2.45) is 18.0 Å². The summed E-state index contributed by atoms with van der Waals surface area (Å²) in [5.74, 6) is 0.446. The maximum Gasteiger partial charge on any atom is 0.201 e. The van der Waals surface area contributed by atoms with Gasteiger partial charge in [-0.2, -0.15) is 10.1 Å². The summed E-state index contributed by atoms with van der Waals surface area (Å²) in [4.78, 5) is 16.3. The van der Waals surface area contributed by atoms with E-state index in [2.05, 4.69) is 15.5 Å². The van der Waals surface area contributed by atoms with Crippen LogP contribution in [0.1, 0.15) is 30.9 Å². The first-order chi connectivity index (χ1) is 9.63. The molecule has 3 atom stereocenters. The molecule has 1 aliphatic carbocycles. The van der Waals surface area contributed by atoms with Crippen LogP contribution in [-0.4, -0.2) is 38.7 Å². The molecule has 1 aromatic heterocycles. The molecule has 3 aliphatic rings. The van der Waals surface area contributed by atoms with Crippen LogP contribution >= 0.6 is 0 Å². The number of alkyl halides is 1. The SMILES string of the molecule is Cn1cc([C@@H]2C[C@H](F)C3N=C(C(=O)C4CC4)NN32)cn1. The highest BCUT2D eigenvalue weighted by atomic mass is 19.1. The third kappa shape index (κ3) is 1.76. The number of nitrogens with zero attached hydrogens (tertiary/aromatic N) is 4. The van der Waals surface area contributed by atoms with Crippen LogP contribution in [0.4, 0.5) is 4.39 Å². The van der Waals surface area contributed by atoms with Crippen molar-refractivity contribution in [2.45, 2.75) is 37.6 Å². The molecule has 1 N–H and O–H groups in total. The smallest absolute Gasteiger partial charge is 0.201 e. The standard InChI is InChI=1S/C13H16FN5O/c1-18-6-8(5-15-18)10-4-9(14)13-16-12(17-19(10)13)11(20)7-2-3-7/h5-7,9-10,13H,2-4H2,1H3,(H,16,17)/t9-,10-,13?/m0/s1. The maximum atomic E-state index is 14.1. The van der Waals surface area contributed by atoms with Crippen molar-refractivity contribution < 1.29 is 9.18 Å². The third-order valence-corrected chi connectivity index (χ3v) is 4.18. The molecule has 0 amide bonds. The number of hydrogen-bond donors (Lipinski definition) is 1. The monoisotopic (exact) mass is 277 g/mol. The summed E-state index contributed by atoms with van der Waals surface area (Å²) in [6, 6.07) is -0.128. The lowest BCUT2D eigenvalue weighted by atomic mass is 10.1. The second-order valence-corrected chi connectivity index (χ2v) is 5.76. The summed E-state index contributed by atoms with van der Waals surface area (Å²) in [5, 5.41) is 5.89. The summed E-state index contributed by atoms with van der Waals surface area (Å²) in [5.41, 5.74) is 3.96. The first kappa shape index (κ1) is 12.0. The van der Waals surface area contributed by atoms with E-state index >= 15 is 0 Å². The number of Topliss-reactive ketones (excluding diaryl/α,β-unsaturated/α-hetero) is 1. The van der Waals surface area contributed by atoms with E-state index in [9.17, 15) is 9.18 Å². The predicted octanol–water partition coefficient (Wildman–Crippen LogP) is 0.727. The molecular weight excluding hydrogens is 261 g/mol. The number of ketones is 1. The number of hydrogen-bond acceptors (Lipinski definition) is 5. The van der Waals surface area contributed by atoms with Gasteiger partial charge in [-0.15, -0.1) is 0 Å². The number of halogens is 1. The Morgan fingerprint density at radius 1 is 1.50 bits per heavy atom. The predicted molar refractivity (Wildman–Crippen MR) is 69.4 cm³/mol. The molecule has 3 heterocycles. The van der Waals surface area contributed by atoms with E-state index in [0.717, 1.165) is 18.4 Å². The van der Waals surface area contributed by atoms with Gasteiger partial charge in [0.1, 0.15) is 6.17 Å². The fourth-order valence-corrected chi connectivity index (χ4v) is 2.94. The molecule has 0 aromatic carbocycles. The number of amidine groups is 1. The van der Waals surface area contributed by atoms with Crippen molar-refractivity contribution >= 4 is 11.6 Å². The molecule has 20 heavy (non-hydrogen) atoms. The quantitative estimate of drug-likeness (QED) is 0.884. The van der Waals surface area contributed by atoms with Gasteiger partial charge in [0, 0.05) is 31.1 Å². The van der Waals surface area contributed by atoms with Crippen LogP contribution in [0.3, 0.4) is 0 Å². The number of hydrazine groups is 1. The second kappa shape index (κ2) is 4.12. The Bertz CT molecular complexity index is 593. The van der Waals surface area contributed by atoms with E-state index in [-0.39, 0.29) is 17.7 Å². The zero-order chi connectivity index (χ0) is 13.9. The van der Waals surface area contributed by atoms with Crippen molar-refractivity contribution in [3.8, 4) is 0 Å². The van der Waals surface area contributed by atoms with Crippen LogP contribution < -0.4 is 5.43 Å². The van der Waals surface area contributed by atoms with Gasteiger partial charge in [0.15, 0.2) is 12.0 Å². The number of aliphatic imine (C=N–C) groups is 1. The Morgan fingerprint density at radius 2 is 2.30 bits per heavy atom. The molecule has 6 nitrogen and oxygen atoms in total. The van der Waals surface area contributed by atoms with Gasteiger partial charge < -0.3 is 0 Å². The van der Waals surface area contributed by atoms with Crippen molar-refractivity contribution in [1.82, 2.24) is 20.2 Å². The van der Waals surface area contributed by atoms with Crippen molar-refractivity contribution in [1.29, 1.82) is 0 Å². The number of aryl methyl sites for hydroxylation is 1. The number of carbonyl (C=O) groups excluding carboxylic acids is 1. The minimum Gasteiger partial charge on any atom is -0.298 e. The lowest BCUT2D eigenvalue weighted by Crippen LogP contribution is -2.42. The summed E-state index contributed by atoms with van der Waals surface area (Å²) in [7, 11) is 1.83. The number of aromatic nitrogens is 2. The van der Waals surface area contributed by atoms with Gasteiger partial charge in [-0.25, -0.2) is 9.38 Å². The van der Waals surface area contributed by atoms with Crippen molar-refractivity contribution in [2.75, 3.05) is 0 Å². The molecule has 0 radical (unpaired) electrons. The van der Waals surface area contributed by atoms with Gasteiger partial charge in [-0.05, 0) is 12.8 Å². The van der Waals surface area contributed by atoms with E-state index in [0.29, 0.717) is 12.3 Å². The topological polar surface area (TPSA) is 62.5 Å². The molecular formula is C13H16FN5O. The average Bonchev–Trinajstić information content (AvgIpc) is 2.91. The molecule has 106 valence electrons. The Labute approximate surface area is 115 Å². The highest BCUT2D eigenvalue weighted by Gasteiger charge is 2.48. The van der Waals surface area contributed by atoms with Gasteiger partial charge in [0.25, 0.3) is 0 Å². The molecule has 1 aromatic rings. The van der Waals surface area contributed by atoms with Crippen molar-refractivity contribution in [3.05, 3.63) is 18.0 Å². The Kier molecular flexibility index (Phi) is 2.47. The summed E-state index contributed by atoms with van der Waals surface area (Å²) in [6.07, 6.45) is 4.20. The Balaban J connectivity index is 1.58. The molecule has 0 bridgehead atoms. The largest absolute Gasteiger partial charge is 0.298 e. The van der Waals surface area contributed by atoms with Crippen LogP contribution in [0.2, 0.25) is 0 Å². The molecule has 1 saturated carbocycles. The van der Waals surface area contributed by atoms with E-state index in [1.807, 2.05) is 13.2 Å². The van der Waals surface area contributed by atoms with Crippen LogP contribution in [0, 0.1) is 5.92 Å². The Hall–Kier alpha value is -1.76. The second-order valence-electron chi connectivity index (χ2n) is 5.76. The normalized spacial score (nSPS) is 32.9. The van der Waals surface area contributed by atoms with Gasteiger partial charge in [-0.3, -0.25) is 14.9 Å². The molecule has 4 rings (SSSR count). The fourth-order valence-electron chi connectivity index (χ4n) is 2.94. The van der Waals surface area contributed by atoms with Crippen LogP contribution in [-0.2, 0) is 11.8 Å². The fraction of sp³-hybridized carbons (Fsp3) is 0.615. The van der Waals surface area contributed by atoms with E-state index in [4.69, 9.17) is 0 Å². The third-order valence-electron chi connectivity index (χ3n) is 4.18. The van der Waals surface area contributed by atoms with Gasteiger partial charge in [0.05, 0.1) is 12.2 Å². The zero-order valence-electron chi connectivity index (χ0n) is 11.2. The molecule has 1 unspecified atom stereocenters.